The van der Waals surface area contributed by atoms with Gasteiger partial charge in [0.2, 0.25) is 11.7 Å². The molecule has 0 saturated carbocycles. The van der Waals surface area contributed by atoms with E-state index in [1.807, 2.05) is 0 Å². The van der Waals surface area contributed by atoms with Crippen LogP contribution in [-0.4, -0.2) is 45.5 Å². The van der Waals surface area contributed by atoms with E-state index in [1.54, 1.807) is 36.6 Å². The fourth-order valence-corrected chi connectivity index (χ4v) is 3.17. The van der Waals surface area contributed by atoms with Crippen molar-refractivity contribution in [1.29, 1.82) is 0 Å². The second kappa shape index (κ2) is 7.48. The molecule has 26 heavy (non-hydrogen) atoms. The lowest BCUT2D eigenvalue weighted by Gasteiger charge is -2.11. The number of methoxy groups -OCH3 is 2. The Morgan fingerprint density at radius 3 is 2.81 bits per heavy atom. The Morgan fingerprint density at radius 1 is 1.27 bits per heavy atom. The largest absolute Gasteiger partial charge is 0.497 e. The van der Waals surface area contributed by atoms with E-state index in [9.17, 15) is 9.59 Å². The van der Waals surface area contributed by atoms with Crippen molar-refractivity contribution in [3.8, 4) is 11.5 Å². The van der Waals surface area contributed by atoms with Crippen molar-refractivity contribution in [2.24, 2.45) is 0 Å². The highest BCUT2D eigenvalue weighted by molar-refractivity contribution is 7.99. The van der Waals surface area contributed by atoms with Gasteiger partial charge in [0.1, 0.15) is 11.5 Å². The van der Waals surface area contributed by atoms with E-state index in [2.05, 4.69) is 20.5 Å². The maximum atomic E-state index is 12.3. The van der Waals surface area contributed by atoms with Crippen LogP contribution in [-0.2, 0) is 4.79 Å². The zero-order valence-electron chi connectivity index (χ0n) is 14.4. The average molecular weight is 375 g/mol. The van der Waals surface area contributed by atoms with Crippen LogP contribution in [0.15, 0.2) is 34.2 Å². The van der Waals surface area contributed by atoms with E-state index >= 15 is 0 Å². The van der Waals surface area contributed by atoms with Crippen molar-refractivity contribution >= 4 is 29.1 Å². The minimum absolute atomic E-state index is 0.120. The first-order valence-electron chi connectivity index (χ1n) is 7.61. The molecule has 0 fully saturated rings. The molecule has 2 heterocycles. The highest BCUT2D eigenvalue weighted by atomic mass is 32.2. The molecule has 0 radical (unpaired) electrons. The van der Waals surface area contributed by atoms with Gasteiger partial charge in [-0.2, -0.15) is 0 Å². The van der Waals surface area contributed by atoms with Crippen LogP contribution >= 0.6 is 11.8 Å². The molecule has 10 heteroatoms. The first kappa shape index (κ1) is 17.8. The number of aromatic amines is 1. The van der Waals surface area contributed by atoms with Gasteiger partial charge in [-0.15, -0.1) is 10.2 Å². The molecule has 136 valence electrons. The third-order valence-electron chi connectivity index (χ3n) is 3.58. The molecular formula is C16H17N5O4S. The fraction of sp³-hybridized carbons (Fsp3) is 0.250. The monoisotopic (exact) mass is 375 g/mol. The number of nitrogens with one attached hydrogen (secondary N) is 2. The van der Waals surface area contributed by atoms with Crippen molar-refractivity contribution < 1.29 is 14.3 Å². The molecule has 3 aromatic rings. The number of hydrogen-bond donors (Lipinski definition) is 2. The standard InChI is InChI=1S/C16H17N5O4S/c1-9-6-13(22)18-15-19-20-16(21(9)15)26-8-14(23)17-11-5-4-10(24-2)7-12(11)25-3/h4-7H,8H2,1-3H3,(H,17,23)(H,18,19,22). The number of anilines is 1. The maximum Gasteiger partial charge on any atom is 0.252 e. The summed E-state index contributed by atoms with van der Waals surface area (Å²) in [6.45, 7) is 1.78. The number of nitrogens with zero attached hydrogens (tertiary/aromatic N) is 3. The van der Waals surface area contributed by atoms with Gasteiger partial charge in [0.15, 0.2) is 5.16 Å². The molecule has 0 aliphatic heterocycles. The molecule has 0 spiro atoms. The molecule has 2 aromatic heterocycles. The SMILES string of the molecule is COc1ccc(NC(=O)CSc2nnc3[nH]c(=O)cc(C)n23)c(OC)c1. The highest BCUT2D eigenvalue weighted by Crippen LogP contribution is 2.29. The summed E-state index contributed by atoms with van der Waals surface area (Å²) in [5.41, 5.74) is 0.988. The van der Waals surface area contributed by atoms with Crippen LogP contribution in [0.3, 0.4) is 0 Å². The maximum absolute atomic E-state index is 12.3. The molecule has 0 atom stereocenters. The predicted octanol–water partition coefficient (Wildman–Crippen LogP) is 1.47. The molecule has 2 N–H and O–H groups in total. The number of amides is 1. The Morgan fingerprint density at radius 2 is 2.08 bits per heavy atom. The number of rotatable bonds is 6. The summed E-state index contributed by atoms with van der Waals surface area (Å²) in [5, 5.41) is 11.2. The first-order chi connectivity index (χ1) is 12.5. The van der Waals surface area contributed by atoms with Gasteiger partial charge in [0.25, 0.3) is 5.56 Å². The van der Waals surface area contributed by atoms with Gasteiger partial charge in [-0.05, 0) is 19.1 Å². The Hall–Kier alpha value is -3.01. The lowest BCUT2D eigenvalue weighted by Crippen LogP contribution is -2.15. The average Bonchev–Trinajstić information content (AvgIpc) is 3.03. The molecule has 1 amide bonds. The van der Waals surface area contributed by atoms with Crippen LogP contribution in [0.5, 0.6) is 11.5 Å². The number of carbonyl (C=O) groups is 1. The quantitative estimate of drug-likeness (QED) is 0.628. The van der Waals surface area contributed by atoms with E-state index in [0.29, 0.717) is 33.8 Å². The summed E-state index contributed by atoms with van der Waals surface area (Å²) in [7, 11) is 3.08. The minimum atomic E-state index is -0.247. The number of thioether (sulfide) groups is 1. The smallest absolute Gasteiger partial charge is 0.252 e. The molecule has 0 unspecified atom stereocenters. The summed E-state index contributed by atoms with van der Waals surface area (Å²) in [6.07, 6.45) is 0. The van der Waals surface area contributed by atoms with E-state index in [-0.39, 0.29) is 17.2 Å². The fourth-order valence-electron chi connectivity index (χ4n) is 2.38. The normalized spacial score (nSPS) is 10.7. The zero-order chi connectivity index (χ0) is 18.7. The summed E-state index contributed by atoms with van der Waals surface area (Å²) in [6, 6.07) is 6.58. The summed E-state index contributed by atoms with van der Waals surface area (Å²) >= 11 is 1.21. The number of carbonyl (C=O) groups excluding carboxylic acids is 1. The number of aryl methyl sites for hydroxylation is 1. The predicted molar refractivity (Wildman–Crippen MR) is 97.2 cm³/mol. The number of benzene rings is 1. The van der Waals surface area contributed by atoms with Crippen LogP contribution in [0.2, 0.25) is 0 Å². The van der Waals surface area contributed by atoms with Gasteiger partial charge in [-0.1, -0.05) is 11.8 Å². The van der Waals surface area contributed by atoms with E-state index in [0.717, 1.165) is 0 Å². The van der Waals surface area contributed by atoms with Crippen LogP contribution < -0.4 is 20.3 Å². The molecule has 1 aromatic carbocycles. The number of hydrogen-bond acceptors (Lipinski definition) is 7. The van der Waals surface area contributed by atoms with Crippen LogP contribution in [0, 0.1) is 6.92 Å². The van der Waals surface area contributed by atoms with Gasteiger partial charge < -0.3 is 14.8 Å². The number of aromatic nitrogens is 4. The number of ether oxygens (including phenoxy) is 2. The summed E-state index contributed by atoms with van der Waals surface area (Å²) < 4.78 is 12.1. The lowest BCUT2D eigenvalue weighted by molar-refractivity contribution is -0.113. The Kier molecular flexibility index (Phi) is 5.12. The van der Waals surface area contributed by atoms with Crippen molar-refractivity contribution in [1.82, 2.24) is 19.6 Å². The van der Waals surface area contributed by atoms with Gasteiger partial charge >= 0.3 is 0 Å². The van der Waals surface area contributed by atoms with Crippen LogP contribution in [0.4, 0.5) is 5.69 Å². The number of H-pyrrole nitrogens is 1. The highest BCUT2D eigenvalue weighted by Gasteiger charge is 2.13. The van der Waals surface area contributed by atoms with Crippen molar-refractivity contribution in [3.05, 3.63) is 40.3 Å². The van der Waals surface area contributed by atoms with Gasteiger partial charge in [-0.3, -0.25) is 19.0 Å². The second-order valence-electron chi connectivity index (χ2n) is 5.32. The topological polar surface area (TPSA) is 111 Å². The second-order valence-corrected chi connectivity index (χ2v) is 6.26. The molecule has 9 nitrogen and oxygen atoms in total. The summed E-state index contributed by atoms with van der Waals surface area (Å²) in [4.78, 5) is 26.3. The molecule has 0 aliphatic rings. The molecule has 0 saturated heterocycles. The van der Waals surface area contributed by atoms with Gasteiger partial charge in [0.05, 0.1) is 25.7 Å². The minimum Gasteiger partial charge on any atom is -0.497 e. The molecular weight excluding hydrogens is 358 g/mol. The third-order valence-corrected chi connectivity index (χ3v) is 4.51. The zero-order valence-corrected chi connectivity index (χ0v) is 15.2. The van der Waals surface area contributed by atoms with Crippen molar-refractivity contribution in [2.45, 2.75) is 12.1 Å². The van der Waals surface area contributed by atoms with Crippen LogP contribution in [0.25, 0.3) is 5.78 Å². The molecule has 3 rings (SSSR count). The number of fused-ring (bicyclic) bond motifs is 1. The van der Waals surface area contributed by atoms with E-state index in [1.165, 1.54) is 24.9 Å². The Bertz CT molecular complexity index is 1010. The van der Waals surface area contributed by atoms with Crippen LogP contribution in [0.1, 0.15) is 5.69 Å². The molecule has 0 aliphatic carbocycles. The molecule has 0 bridgehead atoms. The first-order valence-corrected chi connectivity index (χ1v) is 8.60. The van der Waals surface area contributed by atoms with E-state index in [4.69, 9.17) is 9.47 Å². The van der Waals surface area contributed by atoms with Gasteiger partial charge in [-0.25, -0.2) is 0 Å². The summed E-state index contributed by atoms with van der Waals surface area (Å²) in [5.74, 6) is 1.37. The Labute approximate surface area is 152 Å². The Balaban J connectivity index is 1.71. The lowest BCUT2D eigenvalue weighted by atomic mass is 10.2. The van der Waals surface area contributed by atoms with Gasteiger partial charge in [0, 0.05) is 17.8 Å². The van der Waals surface area contributed by atoms with Crippen molar-refractivity contribution in [3.63, 3.8) is 0 Å². The van der Waals surface area contributed by atoms with E-state index < -0.39 is 0 Å². The van der Waals surface area contributed by atoms with Crippen molar-refractivity contribution in [2.75, 3.05) is 25.3 Å². The third kappa shape index (κ3) is 3.64.